The number of amides is 2. The smallest absolute Gasteiger partial charge is 0.253 e. The van der Waals surface area contributed by atoms with Gasteiger partial charge in [0.15, 0.2) is 17.6 Å². The molecule has 2 heterocycles. The van der Waals surface area contributed by atoms with Crippen LogP contribution in [0.15, 0.2) is 66.7 Å². The first kappa shape index (κ1) is 22.5. The first-order valence-electron chi connectivity index (χ1n) is 10.6. The molecule has 0 radical (unpaired) electrons. The van der Waals surface area contributed by atoms with Crippen molar-refractivity contribution in [2.75, 3.05) is 18.3 Å². The SMILES string of the molecule is O=C(NCc1ccc2c(c1)OCO2)[C@H]1OCC(=O)N(c2cccc(Cl)c2)[C@@H]1c1ccc(Cl)cc1. The number of halogens is 2. The Balaban J connectivity index is 1.43. The zero-order valence-corrected chi connectivity index (χ0v) is 19.4. The van der Waals surface area contributed by atoms with Crippen molar-refractivity contribution in [1.82, 2.24) is 5.32 Å². The van der Waals surface area contributed by atoms with Crippen molar-refractivity contribution in [2.45, 2.75) is 18.7 Å². The highest BCUT2D eigenvalue weighted by molar-refractivity contribution is 6.31. The molecule has 9 heteroatoms. The first-order valence-corrected chi connectivity index (χ1v) is 11.4. The van der Waals surface area contributed by atoms with Crippen LogP contribution in [-0.4, -0.2) is 31.3 Å². The number of anilines is 1. The number of carbonyl (C=O) groups is 2. The van der Waals surface area contributed by atoms with E-state index >= 15 is 0 Å². The van der Waals surface area contributed by atoms with Gasteiger partial charge in [-0.1, -0.05) is 47.5 Å². The van der Waals surface area contributed by atoms with Crippen molar-refractivity contribution in [2.24, 2.45) is 0 Å². The van der Waals surface area contributed by atoms with E-state index in [4.69, 9.17) is 37.4 Å². The lowest BCUT2D eigenvalue weighted by molar-refractivity contribution is -0.144. The molecule has 3 aromatic rings. The Labute approximate surface area is 206 Å². The van der Waals surface area contributed by atoms with E-state index in [9.17, 15) is 9.59 Å². The van der Waals surface area contributed by atoms with E-state index in [-0.39, 0.29) is 31.8 Å². The van der Waals surface area contributed by atoms with Crippen molar-refractivity contribution in [3.05, 3.63) is 87.9 Å². The first-order chi connectivity index (χ1) is 16.5. The van der Waals surface area contributed by atoms with Gasteiger partial charge in [0.1, 0.15) is 6.61 Å². The standard InChI is InChI=1S/C25H20Cl2N2O5/c26-17-7-5-16(6-8-17)23-24(32-13-22(30)29(23)19-3-1-2-18(27)11-19)25(31)28-12-15-4-9-20-21(10-15)34-14-33-20/h1-11,23-24H,12-14H2,(H,28,31)/t23-,24+/m1/s1. The molecule has 1 fully saturated rings. The van der Waals surface area contributed by atoms with Crippen LogP contribution in [0.25, 0.3) is 0 Å². The van der Waals surface area contributed by atoms with Crippen LogP contribution in [0.5, 0.6) is 11.5 Å². The third-order valence-electron chi connectivity index (χ3n) is 5.68. The molecule has 0 aromatic heterocycles. The van der Waals surface area contributed by atoms with Crippen LogP contribution in [0.3, 0.4) is 0 Å². The van der Waals surface area contributed by atoms with Gasteiger partial charge in [-0.15, -0.1) is 0 Å². The molecule has 0 saturated carbocycles. The summed E-state index contributed by atoms with van der Waals surface area (Å²) in [5.74, 6) is 0.681. The summed E-state index contributed by atoms with van der Waals surface area (Å²) >= 11 is 12.3. The topological polar surface area (TPSA) is 77.1 Å². The van der Waals surface area contributed by atoms with Gasteiger partial charge in [0, 0.05) is 22.3 Å². The minimum Gasteiger partial charge on any atom is -0.454 e. The fourth-order valence-corrected chi connectivity index (χ4v) is 4.40. The second kappa shape index (κ2) is 9.54. The number of ether oxygens (including phenoxy) is 3. The Morgan fingerprint density at radius 3 is 2.56 bits per heavy atom. The van der Waals surface area contributed by atoms with Crippen LogP contribution in [0.4, 0.5) is 5.69 Å². The van der Waals surface area contributed by atoms with E-state index in [1.54, 1.807) is 59.5 Å². The molecule has 3 aromatic carbocycles. The number of nitrogens with zero attached hydrogens (tertiary/aromatic N) is 1. The highest BCUT2D eigenvalue weighted by atomic mass is 35.5. The Kier molecular flexibility index (Phi) is 6.32. The summed E-state index contributed by atoms with van der Waals surface area (Å²) in [7, 11) is 0. The molecule has 0 bridgehead atoms. The number of rotatable bonds is 5. The highest BCUT2D eigenvalue weighted by Gasteiger charge is 2.42. The maximum atomic E-state index is 13.3. The third kappa shape index (κ3) is 4.55. The largest absolute Gasteiger partial charge is 0.454 e. The van der Waals surface area contributed by atoms with Crippen molar-refractivity contribution in [3.63, 3.8) is 0 Å². The van der Waals surface area contributed by atoms with Gasteiger partial charge >= 0.3 is 0 Å². The summed E-state index contributed by atoms with van der Waals surface area (Å²) in [6.45, 7) is 0.198. The summed E-state index contributed by atoms with van der Waals surface area (Å²) < 4.78 is 16.5. The molecule has 2 aliphatic rings. The maximum absolute atomic E-state index is 13.3. The fraction of sp³-hybridized carbons (Fsp3) is 0.200. The predicted molar refractivity (Wildman–Crippen MR) is 127 cm³/mol. The number of nitrogens with one attached hydrogen (secondary N) is 1. The number of carbonyl (C=O) groups excluding carboxylic acids is 2. The van der Waals surface area contributed by atoms with Crippen molar-refractivity contribution in [3.8, 4) is 11.5 Å². The summed E-state index contributed by atoms with van der Waals surface area (Å²) in [5.41, 5.74) is 2.13. The summed E-state index contributed by atoms with van der Waals surface area (Å²) in [6.07, 6.45) is -0.952. The van der Waals surface area contributed by atoms with Crippen molar-refractivity contribution < 1.29 is 23.8 Å². The Bertz CT molecular complexity index is 1230. The van der Waals surface area contributed by atoms with Crippen LogP contribution in [0.2, 0.25) is 10.0 Å². The average Bonchev–Trinajstić information content (AvgIpc) is 3.31. The molecule has 2 atom stereocenters. The quantitative estimate of drug-likeness (QED) is 0.559. The zero-order valence-electron chi connectivity index (χ0n) is 17.9. The number of morpholine rings is 1. The van der Waals surface area contributed by atoms with Gasteiger partial charge in [0.05, 0.1) is 6.04 Å². The molecule has 7 nitrogen and oxygen atoms in total. The van der Waals surface area contributed by atoms with Crippen LogP contribution in [0, 0.1) is 0 Å². The van der Waals surface area contributed by atoms with Gasteiger partial charge < -0.3 is 19.5 Å². The second-order valence-corrected chi connectivity index (χ2v) is 8.75. The van der Waals surface area contributed by atoms with E-state index in [1.807, 2.05) is 12.1 Å². The van der Waals surface area contributed by atoms with E-state index in [0.29, 0.717) is 32.8 Å². The zero-order chi connectivity index (χ0) is 23.7. The van der Waals surface area contributed by atoms with E-state index < -0.39 is 12.1 Å². The second-order valence-electron chi connectivity index (χ2n) is 7.88. The van der Waals surface area contributed by atoms with Gasteiger partial charge in [-0.2, -0.15) is 0 Å². The van der Waals surface area contributed by atoms with Gasteiger partial charge in [-0.25, -0.2) is 0 Å². The molecular formula is C25H20Cl2N2O5. The Hall–Kier alpha value is -3.26. The maximum Gasteiger partial charge on any atom is 0.253 e. The molecule has 1 N–H and O–H groups in total. The molecule has 2 amide bonds. The lowest BCUT2D eigenvalue weighted by Gasteiger charge is -2.40. The molecule has 174 valence electrons. The molecule has 34 heavy (non-hydrogen) atoms. The normalized spacial score (nSPS) is 19.2. The number of benzene rings is 3. The van der Waals surface area contributed by atoms with Gasteiger partial charge in [-0.05, 0) is 53.6 Å². The van der Waals surface area contributed by atoms with Crippen LogP contribution >= 0.6 is 23.2 Å². The minimum absolute atomic E-state index is 0.178. The van der Waals surface area contributed by atoms with Crippen LogP contribution in [-0.2, 0) is 20.9 Å². The van der Waals surface area contributed by atoms with E-state index in [1.165, 1.54) is 0 Å². The third-order valence-corrected chi connectivity index (χ3v) is 6.17. The van der Waals surface area contributed by atoms with E-state index in [0.717, 1.165) is 5.56 Å². The monoisotopic (exact) mass is 498 g/mol. The molecule has 0 aliphatic carbocycles. The van der Waals surface area contributed by atoms with Gasteiger partial charge in [0.2, 0.25) is 6.79 Å². The molecule has 2 aliphatic heterocycles. The minimum atomic E-state index is -0.952. The highest BCUT2D eigenvalue weighted by Crippen LogP contribution is 2.36. The molecular weight excluding hydrogens is 479 g/mol. The van der Waals surface area contributed by atoms with Gasteiger partial charge in [-0.3, -0.25) is 14.5 Å². The van der Waals surface area contributed by atoms with Gasteiger partial charge in [0.25, 0.3) is 11.8 Å². The number of fused-ring (bicyclic) bond motifs is 1. The number of hydrogen-bond donors (Lipinski definition) is 1. The van der Waals surface area contributed by atoms with Crippen LogP contribution in [0.1, 0.15) is 17.2 Å². The molecule has 5 rings (SSSR count). The molecule has 0 unspecified atom stereocenters. The lowest BCUT2D eigenvalue weighted by atomic mass is 9.96. The number of hydrogen-bond acceptors (Lipinski definition) is 5. The van der Waals surface area contributed by atoms with Crippen molar-refractivity contribution >= 4 is 40.7 Å². The van der Waals surface area contributed by atoms with Crippen molar-refractivity contribution in [1.29, 1.82) is 0 Å². The lowest BCUT2D eigenvalue weighted by Crippen LogP contribution is -2.54. The Morgan fingerprint density at radius 2 is 1.76 bits per heavy atom. The predicted octanol–water partition coefficient (Wildman–Crippen LogP) is 4.51. The molecule has 0 spiro atoms. The fourth-order valence-electron chi connectivity index (χ4n) is 4.09. The summed E-state index contributed by atoms with van der Waals surface area (Å²) in [6, 6.07) is 18.7. The summed E-state index contributed by atoms with van der Waals surface area (Å²) in [5, 5.41) is 3.95. The Morgan fingerprint density at radius 1 is 0.971 bits per heavy atom. The molecule has 1 saturated heterocycles. The van der Waals surface area contributed by atoms with Crippen LogP contribution < -0.4 is 19.7 Å². The van der Waals surface area contributed by atoms with E-state index in [2.05, 4.69) is 5.32 Å². The summed E-state index contributed by atoms with van der Waals surface area (Å²) in [4.78, 5) is 27.9. The average molecular weight is 499 g/mol.